The van der Waals surface area contributed by atoms with Crippen LogP contribution in [0.25, 0.3) is 10.9 Å². The molecule has 1 fully saturated rings. The average Bonchev–Trinajstić information content (AvgIpc) is 3.14. The molecular formula is C17H24ClN3O2. The van der Waals surface area contributed by atoms with Gasteiger partial charge in [-0.2, -0.15) is 5.10 Å². The molecule has 0 N–H and O–H groups in total. The first-order chi connectivity index (χ1) is 11.2. The highest BCUT2D eigenvalue weighted by molar-refractivity contribution is 6.35. The van der Waals surface area contributed by atoms with Crippen LogP contribution in [0.3, 0.4) is 0 Å². The largest absolute Gasteiger partial charge is 0.383 e. The summed E-state index contributed by atoms with van der Waals surface area (Å²) in [7, 11) is 3.69. The van der Waals surface area contributed by atoms with Gasteiger partial charge in [-0.05, 0) is 25.0 Å². The number of hydrogen-bond donors (Lipinski definition) is 0. The summed E-state index contributed by atoms with van der Waals surface area (Å²) in [5.41, 5.74) is 2.08. The van der Waals surface area contributed by atoms with Crippen molar-refractivity contribution in [3.05, 3.63) is 28.9 Å². The Morgan fingerprint density at radius 3 is 3.09 bits per heavy atom. The van der Waals surface area contributed by atoms with Gasteiger partial charge in [-0.1, -0.05) is 17.7 Å². The van der Waals surface area contributed by atoms with Crippen LogP contribution in [0.5, 0.6) is 0 Å². The van der Waals surface area contributed by atoms with Crippen LogP contribution in [-0.4, -0.2) is 54.2 Å². The van der Waals surface area contributed by atoms with E-state index in [1.54, 1.807) is 7.11 Å². The standard InChI is InChI=1S/C17H24ClN3O2/c1-20-16-7-3-6-14(18)17(16)15(19-20)12-21(8-10-22-2)11-13-5-4-9-23-13/h3,6-7,13H,4-5,8-12H2,1-2H3. The Bertz CT molecular complexity index is 653. The molecule has 0 spiro atoms. The highest BCUT2D eigenvalue weighted by atomic mass is 35.5. The fourth-order valence-corrected chi connectivity index (χ4v) is 3.49. The summed E-state index contributed by atoms with van der Waals surface area (Å²) in [4.78, 5) is 2.35. The molecule has 0 bridgehead atoms. The monoisotopic (exact) mass is 337 g/mol. The van der Waals surface area contributed by atoms with E-state index in [1.807, 2.05) is 23.9 Å². The second-order valence-electron chi connectivity index (χ2n) is 6.07. The van der Waals surface area contributed by atoms with Crippen molar-refractivity contribution in [3.8, 4) is 0 Å². The lowest BCUT2D eigenvalue weighted by Gasteiger charge is -2.24. The van der Waals surface area contributed by atoms with Crippen molar-refractivity contribution in [1.29, 1.82) is 0 Å². The summed E-state index contributed by atoms with van der Waals surface area (Å²) < 4.78 is 12.9. The summed E-state index contributed by atoms with van der Waals surface area (Å²) >= 11 is 6.41. The molecule has 1 saturated heterocycles. The van der Waals surface area contributed by atoms with Crippen LogP contribution in [0.4, 0.5) is 0 Å². The number of fused-ring (bicyclic) bond motifs is 1. The van der Waals surface area contributed by atoms with E-state index in [0.29, 0.717) is 12.7 Å². The first-order valence-electron chi connectivity index (χ1n) is 8.12. The first-order valence-corrected chi connectivity index (χ1v) is 8.50. The van der Waals surface area contributed by atoms with Crippen LogP contribution in [0.1, 0.15) is 18.5 Å². The Morgan fingerprint density at radius 2 is 2.35 bits per heavy atom. The summed E-state index contributed by atoms with van der Waals surface area (Å²) in [5.74, 6) is 0. The van der Waals surface area contributed by atoms with E-state index in [9.17, 15) is 0 Å². The lowest BCUT2D eigenvalue weighted by molar-refractivity contribution is 0.0584. The zero-order valence-corrected chi connectivity index (χ0v) is 14.6. The minimum Gasteiger partial charge on any atom is -0.383 e. The van der Waals surface area contributed by atoms with E-state index >= 15 is 0 Å². The molecule has 23 heavy (non-hydrogen) atoms. The molecule has 1 aromatic heterocycles. The first kappa shape index (κ1) is 16.7. The van der Waals surface area contributed by atoms with E-state index in [1.165, 1.54) is 0 Å². The van der Waals surface area contributed by atoms with Gasteiger partial charge in [0, 0.05) is 45.8 Å². The van der Waals surface area contributed by atoms with Crippen molar-refractivity contribution >= 4 is 22.5 Å². The van der Waals surface area contributed by atoms with E-state index < -0.39 is 0 Å². The zero-order valence-electron chi connectivity index (χ0n) is 13.8. The van der Waals surface area contributed by atoms with Gasteiger partial charge < -0.3 is 9.47 Å². The third kappa shape index (κ3) is 3.86. The summed E-state index contributed by atoms with van der Waals surface area (Å²) in [6.45, 7) is 4.10. The van der Waals surface area contributed by atoms with Gasteiger partial charge in [0.2, 0.25) is 0 Å². The van der Waals surface area contributed by atoms with Crippen molar-refractivity contribution in [1.82, 2.24) is 14.7 Å². The Hall–Kier alpha value is -1.14. The van der Waals surface area contributed by atoms with Gasteiger partial charge in [0.15, 0.2) is 0 Å². The minimum absolute atomic E-state index is 0.317. The predicted molar refractivity (Wildman–Crippen MR) is 91.9 cm³/mol. The maximum Gasteiger partial charge on any atom is 0.0858 e. The number of benzene rings is 1. The van der Waals surface area contributed by atoms with Gasteiger partial charge >= 0.3 is 0 Å². The number of ether oxygens (including phenoxy) is 2. The number of nitrogens with zero attached hydrogens (tertiary/aromatic N) is 3. The molecule has 126 valence electrons. The van der Waals surface area contributed by atoms with Crippen molar-refractivity contribution < 1.29 is 9.47 Å². The van der Waals surface area contributed by atoms with E-state index in [-0.39, 0.29) is 0 Å². The van der Waals surface area contributed by atoms with Crippen LogP contribution < -0.4 is 0 Å². The zero-order chi connectivity index (χ0) is 16.2. The minimum atomic E-state index is 0.317. The Balaban J connectivity index is 1.81. The number of rotatable bonds is 7. The molecule has 1 aromatic carbocycles. The molecule has 2 aromatic rings. The van der Waals surface area contributed by atoms with Crippen LogP contribution in [-0.2, 0) is 23.1 Å². The number of aryl methyl sites for hydroxylation is 1. The van der Waals surface area contributed by atoms with Crippen LogP contribution in [0.15, 0.2) is 18.2 Å². The molecule has 2 heterocycles. The fourth-order valence-electron chi connectivity index (χ4n) is 3.21. The Morgan fingerprint density at radius 1 is 1.48 bits per heavy atom. The Labute approximate surface area is 142 Å². The molecule has 3 rings (SSSR count). The molecule has 0 saturated carbocycles. The number of halogens is 1. The SMILES string of the molecule is COCCN(Cc1nn(C)c2cccc(Cl)c12)CC1CCCO1. The molecule has 0 radical (unpaired) electrons. The van der Waals surface area contributed by atoms with Crippen LogP contribution in [0, 0.1) is 0 Å². The van der Waals surface area contributed by atoms with Gasteiger partial charge in [0.1, 0.15) is 0 Å². The van der Waals surface area contributed by atoms with Gasteiger partial charge in [0.05, 0.1) is 28.9 Å². The second-order valence-corrected chi connectivity index (χ2v) is 6.47. The normalized spacial score (nSPS) is 18.3. The molecule has 1 atom stereocenters. The van der Waals surface area contributed by atoms with Gasteiger partial charge in [-0.15, -0.1) is 0 Å². The van der Waals surface area contributed by atoms with E-state index in [2.05, 4.69) is 16.1 Å². The third-order valence-electron chi connectivity index (χ3n) is 4.37. The number of methoxy groups -OCH3 is 1. The van der Waals surface area contributed by atoms with Gasteiger partial charge in [-0.3, -0.25) is 9.58 Å². The molecule has 1 aliphatic heterocycles. The lowest BCUT2D eigenvalue weighted by Crippen LogP contribution is -2.34. The predicted octanol–water partition coefficient (Wildman–Crippen LogP) is 2.85. The Kier molecular flexibility index (Phi) is 5.54. The lowest BCUT2D eigenvalue weighted by atomic mass is 10.2. The highest BCUT2D eigenvalue weighted by Crippen LogP contribution is 2.27. The maximum absolute atomic E-state index is 6.41. The summed E-state index contributed by atoms with van der Waals surface area (Å²) in [6.07, 6.45) is 2.60. The smallest absolute Gasteiger partial charge is 0.0858 e. The molecule has 6 heteroatoms. The van der Waals surface area contributed by atoms with E-state index in [0.717, 1.165) is 60.7 Å². The quantitative estimate of drug-likeness (QED) is 0.779. The molecule has 1 aliphatic rings. The molecule has 0 amide bonds. The average molecular weight is 338 g/mol. The topological polar surface area (TPSA) is 39.5 Å². The molecule has 0 aliphatic carbocycles. The molecule has 5 nitrogen and oxygen atoms in total. The highest BCUT2D eigenvalue weighted by Gasteiger charge is 2.21. The summed E-state index contributed by atoms with van der Waals surface area (Å²) in [6, 6.07) is 5.94. The van der Waals surface area contributed by atoms with Crippen molar-refractivity contribution in [2.24, 2.45) is 7.05 Å². The maximum atomic E-state index is 6.41. The van der Waals surface area contributed by atoms with Gasteiger partial charge in [-0.25, -0.2) is 0 Å². The molecule has 1 unspecified atom stereocenters. The summed E-state index contributed by atoms with van der Waals surface area (Å²) in [5, 5.41) is 6.49. The second kappa shape index (κ2) is 7.62. The van der Waals surface area contributed by atoms with E-state index in [4.69, 9.17) is 21.1 Å². The molecular weight excluding hydrogens is 314 g/mol. The van der Waals surface area contributed by atoms with Crippen LogP contribution in [0.2, 0.25) is 5.02 Å². The number of hydrogen-bond acceptors (Lipinski definition) is 4. The van der Waals surface area contributed by atoms with Crippen molar-refractivity contribution in [2.75, 3.05) is 33.4 Å². The fraction of sp³-hybridized carbons (Fsp3) is 0.588. The van der Waals surface area contributed by atoms with Crippen molar-refractivity contribution in [3.63, 3.8) is 0 Å². The third-order valence-corrected chi connectivity index (χ3v) is 4.69. The van der Waals surface area contributed by atoms with Crippen molar-refractivity contribution in [2.45, 2.75) is 25.5 Å². The van der Waals surface area contributed by atoms with Gasteiger partial charge in [0.25, 0.3) is 0 Å². The van der Waals surface area contributed by atoms with Crippen LogP contribution >= 0.6 is 11.6 Å². The number of aromatic nitrogens is 2.